The largest absolute Gasteiger partial charge is 0.489 e. The number of rotatable bonds is 6. The fourth-order valence-electron chi connectivity index (χ4n) is 2.87. The summed E-state index contributed by atoms with van der Waals surface area (Å²) in [7, 11) is 0. The van der Waals surface area contributed by atoms with E-state index in [0.29, 0.717) is 15.8 Å². The Kier molecular flexibility index (Phi) is 6.25. The minimum Gasteiger partial charge on any atom is -0.489 e. The highest BCUT2D eigenvalue weighted by Gasteiger charge is 2.12. The van der Waals surface area contributed by atoms with Crippen LogP contribution in [0.3, 0.4) is 0 Å². The van der Waals surface area contributed by atoms with Crippen LogP contribution >= 0.6 is 23.2 Å². The van der Waals surface area contributed by atoms with Crippen LogP contribution in [0.4, 0.5) is 5.69 Å². The first-order chi connectivity index (χ1) is 12.5. The molecule has 0 spiro atoms. The fourth-order valence-corrected chi connectivity index (χ4v) is 3.22. The number of ether oxygens (including phenoxy) is 1. The van der Waals surface area contributed by atoms with Crippen LogP contribution in [0.25, 0.3) is 0 Å². The Bertz CT molecular complexity index is 811. The Morgan fingerprint density at radius 3 is 2.88 bits per heavy atom. The predicted molar refractivity (Wildman–Crippen MR) is 107 cm³/mol. The van der Waals surface area contributed by atoms with Crippen molar-refractivity contribution in [1.82, 2.24) is 0 Å². The molecular formula is C19H21Cl2N3O2. The molecule has 0 saturated carbocycles. The number of halogens is 2. The van der Waals surface area contributed by atoms with E-state index in [1.807, 2.05) is 6.07 Å². The van der Waals surface area contributed by atoms with Crippen LogP contribution in [0.1, 0.15) is 17.5 Å². The lowest BCUT2D eigenvalue weighted by Gasteiger charge is -2.13. The van der Waals surface area contributed by atoms with Crippen molar-refractivity contribution in [2.24, 2.45) is 10.7 Å². The molecule has 0 radical (unpaired) electrons. The Morgan fingerprint density at radius 1 is 1.23 bits per heavy atom. The third-order valence-electron chi connectivity index (χ3n) is 4.19. The fraction of sp³-hybridized carbons (Fsp3) is 0.316. The third-order valence-corrected chi connectivity index (χ3v) is 4.99. The Morgan fingerprint density at radius 2 is 2.04 bits per heavy atom. The van der Waals surface area contributed by atoms with Gasteiger partial charge in [0.1, 0.15) is 23.5 Å². The maximum atomic E-state index is 10.0. The van der Waals surface area contributed by atoms with E-state index in [0.717, 1.165) is 18.5 Å². The van der Waals surface area contributed by atoms with E-state index in [4.69, 9.17) is 33.7 Å². The van der Waals surface area contributed by atoms with Crippen molar-refractivity contribution in [3.63, 3.8) is 0 Å². The topological polar surface area (TPSA) is 79.9 Å². The molecule has 26 heavy (non-hydrogen) atoms. The summed E-state index contributed by atoms with van der Waals surface area (Å²) in [6.07, 6.45) is 2.63. The number of fused-ring (bicyclic) bond motifs is 1. The second-order valence-electron chi connectivity index (χ2n) is 6.20. The van der Waals surface area contributed by atoms with Crippen molar-refractivity contribution < 1.29 is 9.84 Å². The molecule has 7 heteroatoms. The van der Waals surface area contributed by atoms with Crippen LogP contribution in [0.5, 0.6) is 5.75 Å². The van der Waals surface area contributed by atoms with Crippen LogP contribution in [-0.2, 0) is 12.8 Å². The van der Waals surface area contributed by atoms with Gasteiger partial charge in [0.15, 0.2) is 5.96 Å². The first-order valence-corrected chi connectivity index (χ1v) is 9.22. The number of hydrogen-bond acceptors (Lipinski definition) is 3. The Labute approximate surface area is 162 Å². The molecule has 0 amide bonds. The molecule has 1 unspecified atom stereocenters. The van der Waals surface area contributed by atoms with Crippen LogP contribution < -0.4 is 15.8 Å². The molecule has 0 bridgehead atoms. The monoisotopic (exact) mass is 393 g/mol. The van der Waals surface area contributed by atoms with Crippen molar-refractivity contribution in [2.45, 2.75) is 25.4 Å². The highest BCUT2D eigenvalue weighted by atomic mass is 35.5. The normalized spacial score (nSPS) is 14.8. The van der Waals surface area contributed by atoms with Gasteiger partial charge in [-0.15, -0.1) is 0 Å². The molecular weight excluding hydrogens is 373 g/mol. The molecule has 0 aromatic heterocycles. The van der Waals surface area contributed by atoms with Crippen molar-refractivity contribution in [1.29, 1.82) is 0 Å². The van der Waals surface area contributed by atoms with E-state index in [2.05, 4.69) is 22.4 Å². The minimum absolute atomic E-state index is 0.0374. The third kappa shape index (κ3) is 4.81. The zero-order valence-corrected chi connectivity index (χ0v) is 15.7. The average molecular weight is 394 g/mol. The second kappa shape index (κ2) is 8.62. The van der Waals surface area contributed by atoms with Gasteiger partial charge in [-0.1, -0.05) is 35.3 Å². The maximum absolute atomic E-state index is 10.0. The number of nitrogens with two attached hydrogens (primary N) is 1. The lowest BCUT2D eigenvalue weighted by Crippen LogP contribution is -2.27. The van der Waals surface area contributed by atoms with Crippen LogP contribution in [0.2, 0.25) is 10.0 Å². The number of nitrogens with zero attached hydrogens (tertiary/aromatic N) is 1. The molecule has 0 heterocycles. The van der Waals surface area contributed by atoms with Gasteiger partial charge in [0.2, 0.25) is 0 Å². The summed E-state index contributed by atoms with van der Waals surface area (Å²) in [6, 6.07) is 11.3. The molecule has 1 atom stereocenters. The smallest absolute Gasteiger partial charge is 0.193 e. The Hall–Kier alpha value is -1.95. The maximum Gasteiger partial charge on any atom is 0.193 e. The molecule has 0 aliphatic heterocycles. The Balaban J connectivity index is 1.49. The van der Waals surface area contributed by atoms with Gasteiger partial charge in [-0.2, -0.15) is 0 Å². The first kappa shape index (κ1) is 18.8. The van der Waals surface area contributed by atoms with Gasteiger partial charge < -0.3 is 20.9 Å². The number of hydrogen-bond donors (Lipinski definition) is 3. The lowest BCUT2D eigenvalue weighted by atomic mass is 10.1. The zero-order valence-electron chi connectivity index (χ0n) is 14.2. The molecule has 0 fully saturated rings. The van der Waals surface area contributed by atoms with E-state index in [9.17, 15) is 5.11 Å². The van der Waals surface area contributed by atoms with Gasteiger partial charge in [-0.25, -0.2) is 0 Å². The number of guanidine groups is 1. The van der Waals surface area contributed by atoms with Crippen LogP contribution in [0, 0.1) is 0 Å². The first-order valence-electron chi connectivity index (χ1n) is 8.46. The van der Waals surface area contributed by atoms with Crippen molar-refractivity contribution >= 4 is 34.8 Å². The van der Waals surface area contributed by atoms with Gasteiger partial charge in [0, 0.05) is 5.69 Å². The summed E-state index contributed by atoms with van der Waals surface area (Å²) in [5.41, 5.74) is 9.56. The van der Waals surface area contributed by atoms with Gasteiger partial charge >= 0.3 is 0 Å². The van der Waals surface area contributed by atoms with E-state index in [1.165, 1.54) is 17.5 Å². The SMILES string of the molecule is NC(=NCC(O)COc1cccc(Cl)c1Cl)Nc1ccc2c(c1)CCC2. The van der Waals surface area contributed by atoms with Gasteiger partial charge in [0.25, 0.3) is 0 Å². The number of anilines is 1. The zero-order chi connectivity index (χ0) is 18.5. The van der Waals surface area contributed by atoms with Gasteiger partial charge in [-0.3, -0.25) is 4.99 Å². The summed E-state index contributed by atoms with van der Waals surface area (Å²) in [5, 5.41) is 13.8. The molecule has 4 N–H and O–H groups in total. The molecule has 3 rings (SSSR count). The predicted octanol–water partition coefficient (Wildman–Crippen LogP) is 3.65. The summed E-state index contributed by atoms with van der Waals surface area (Å²) in [4.78, 5) is 4.16. The number of aliphatic imine (C=N–C) groups is 1. The summed E-state index contributed by atoms with van der Waals surface area (Å²) in [6.45, 7) is 0.150. The molecule has 2 aromatic rings. The van der Waals surface area contributed by atoms with Crippen LogP contribution in [0.15, 0.2) is 41.4 Å². The number of nitrogens with one attached hydrogen (secondary N) is 1. The summed E-state index contributed by atoms with van der Waals surface area (Å²) < 4.78 is 5.48. The summed E-state index contributed by atoms with van der Waals surface area (Å²) in [5.74, 6) is 0.675. The minimum atomic E-state index is -0.814. The lowest BCUT2D eigenvalue weighted by molar-refractivity contribution is 0.114. The molecule has 5 nitrogen and oxygen atoms in total. The highest BCUT2D eigenvalue weighted by molar-refractivity contribution is 6.42. The average Bonchev–Trinajstić information content (AvgIpc) is 3.09. The number of aliphatic hydroxyl groups excluding tert-OH is 1. The highest BCUT2D eigenvalue weighted by Crippen LogP contribution is 2.31. The molecule has 0 saturated heterocycles. The number of aryl methyl sites for hydroxylation is 2. The number of benzene rings is 2. The van der Waals surface area contributed by atoms with E-state index < -0.39 is 6.10 Å². The molecule has 1 aliphatic rings. The van der Waals surface area contributed by atoms with E-state index in [1.54, 1.807) is 18.2 Å². The van der Waals surface area contributed by atoms with Crippen LogP contribution in [-0.4, -0.2) is 30.3 Å². The van der Waals surface area contributed by atoms with Gasteiger partial charge in [0.05, 0.1) is 11.6 Å². The van der Waals surface area contributed by atoms with Gasteiger partial charge in [-0.05, 0) is 54.7 Å². The van der Waals surface area contributed by atoms with E-state index in [-0.39, 0.29) is 19.1 Å². The second-order valence-corrected chi connectivity index (χ2v) is 6.99. The van der Waals surface area contributed by atoms with Crippen molar-refractivity contribution in [3.05, 3.63) is 57.6 Å². The number of aliphatic hydroxyl groups is 1. The standard InChI is InChI=1S/C19H21Cl2N3O2/c20-16-5-2-6-17(18(16)21)26-11-15(25)10-23-19(22)24-14-8-7-12-3-1-4-13(12)9-14/h2,5-9,15,25H,1,3-4,10-11H2,(H3,22,23,24). The van der Waals surface area contributed by atoms with E-state index >= 15 is 0 Å². The van der Waals surface area contributed by atoms with Crippen molar-refractivity contribution in [2.75, 3.05) is 18.5 Å². The molecule has 1 aliphatic carbocycles. The molecule has 2 aromatic carbocycles. The quantitative estimate of drug-likeness (QED) is 0.516. The molecule has 138 valence electrons. The summed E-state index contributed by atoms with van der Waals surface area (Å²) >= 11 is 12.0. The van der Waals surface area contributed by atoms with Crippen molar-refractivity contribution in [3.8, 4) is 5.75 Å².